The van der Waals surface area contributed by atoms with Crippen molar-refractivity contribution in [2.45, 2.75) is 44.4 Å². The molecule has 1 heterocycles. The molecule has 0 saturated heterocycles. The number of nitrogens with one attached hydrogen (secondary N) is 2. The highest BCUT2D eigenvalue weighted by atomic mass is 32.1. The molecule has 1 aliphatic carbocycles. The molecule has 3 aromatic rings. The first kappa shape index (κ1) is 22.1. The summed E-state index contributed by atoms with van der Waals surface area (Å²) < 4.78 is 19.3. The topological polar surface area (TPSA) is 59.1 Å². The maximum absolute atomic E-state index is 13.5. The molecule has 5 nitrogen and oxygen atoms in total. The SMILES string of the molecule is Cc1cc(Oc2ccccc2)nc(NC(=S)NCC2(c3ccc(F)cc3)CCCCC2)n1. The smallest absolute Gasteiger partial charge is 0.232 e. The summed E-state index contributed by atoms with van der Waals surface area (Å²) in [5.74, 6) is 1.32. The van der Waals surface area contributed by atoms with Gasteiger partial charge >= 0.3 is 0 Å². The van der Waals surface area contributed by atoms with E-state index in [1.807, 2.05) is 49.4 Å². The molecule has 4 rings (SSSR count). The van der Waals surface area contributed by atoms with Crippen LogP contribution in [0.1, 0.15) is 43.4 Å². The average Bonchev–Trinajstić information content (AvgIpc) is 2.79. The van der Waals surface area contributed by atoms with Crippen LogP contribution in [0.25, 0.3) is 0 Å². The van der Waals surface area contributed by atoms with Gasteiger partial charge in [-0.25, -0.2) is 9.37 Å². The molecular formula is C25H27FN4OS. The quantitative estimate of drug-likeness (QED) is 0.456. The van der Waals surface area contributed by atoms with Crippen molar-refractivity contribution in [3.63, 3.8) is 0 Å². The minimum atomic E-state index is -0.213. The van der Waals surface area contributed by atoms with Crippen LogP contribution in [-0.2, 0) is 5.41 Å². The van der Waals surface area contributed by atoms with E-state index in [0.717, 1.165) is 36.9 Å². The lowest BCUT2D eigenvalue weighted by Gasteiger charge is -2.38. The number of para-hydroxylation sites is 1. The zero-order chi connectivity index (χ0) is 22.4. The second-order valence-corrected chi connectivity index (χ2v) is 8.65. The molecule has 1 aromatic heterocycles. The van der Waals surface area contributed by atoms with Crippen molar-refractivity contribution < 1.29 is 9.13 Å². The van der Waals surface area contributed by atoms with Gasteiger partial charge in [0.15, 0.2) is 5.11 Å². The van der Waals surface area contributed by atoms with Crippen LogP contribution in [0, 0.1) is 12.7 Å². The molecule has 0 aliphatic heterocycles. The zero-order valence-corrected chi connectivity index (χ0v) is 18.9. The minimum Gasteiger partial charge on any atom is -0.439 e. The van der Waals surface area contributed by atoms with Gasteiger partial charge in [-0.2, -0.15) is 4.98 Å². The fraction of sp³-hybridized carbons (Fsp3) is 0.320. The minimum absolute atomic E-state index is 0.0628. The molecule has 1 fully saturated rings. The van der Waals surface area contributed by atoms with Gasteiger partial charge in [-0.1, -0.05) is 49.6 Å². The van der Waals surface area contributed by atoms with E-state index in [0.29, 0.717) is 29.2 Å². The Kier molecular flexibility index (Phi) is 6.95. The lowest BCUT2D eigenvalue weighted by molar-refractivity contribution is 0.292. The molecule has 2 aromatic carbocycles. The number of thiocarbonyl (C=S) groups is 1. The van der Waals surface area contributed by atoms with Crippen LogP contribution in [0.4, 0.5) is 10.3 Å². The molecule has 0 atom stereocenters. The van der Waals surface area contributed by atoms with E-state index in [1.54, 1.807) is 6.07 Å². The van der Waals surface area contributed by atoms with Crippen LogP contribution in [0.5, 0.6) is 11.6 Å². The summed E-state index contributed by atoms with van der Waals surface area (Å²) >= 11 is 5.54. The van der Waals surface area contributed by atoms with Gasteiger partial charge in [-0.05, 0) is 61.8 Å². The molecule has 0 amide bonds. The predicted molar refractivity (Wildman–Crippen MR) is 129 cm³/mol. The summed E-state index contributed by atoms with van der Waals surface area (Å²) in [5.41, 5.74) is 1.86. The molecule has 2 N–H and O–H groups in total. The largest absolute Gasteiger partial charge is 0.439 e. The van der Waals surface area contributed by atoms with E-state index in [9.17, 15) is 4.39 Å². The van der Waals surface area contributed by atoms with Crippen molar-refractivity contribution in [2.75, 3.05) is 11.9 Å². The highest BCUT2D eigenvalue weighted by Crippen LogP contribution is 2.39. The van der Waals surface area contributed by atoms with Crippen molar-refractivity contribution in [3.8, 4) is 11.6 Å². The highest BCUT2D eigenvalue weighted by molar-refractivity contribution is 7.80. The maximum atomic E-state index is 13.5. The Labute approximate surface area is 193 Å². The number of rotatable bonds is 6. The third-order valence-electron chi connectivity index (χ3n) is 5.88. The third kappa shape index (κ3) is 5.59. The van der Waals surface area contributed by atoms with Gasteiger partial charge in [0.25, 0.3) is 0 Å². The summed E-state index contributed by atoms with van der Waals surface area (Å²) in [6.45, 7) is 2.55. The molecule has 1 aliphatic rings. The lowest BCUT2D eigenvalue weighted by atomic mass is 9.69. The van der Waals surface area contributed by atoms with Crippen LogP contribution in [0.15, 0.2) is 60.7 Å². The van der Waals surface area contributed by atoms with Gasteiger partial charge in [0.05, 0.1) is 0 Å². The fourth-order valence-corrected chi connectivity index (χ4v) is 4.42. The third-order valence-corrected chi connectivity index (χ3v) is 6.12. The molecule has 0 unspecified atom stereocenters. The van der Waals surface area contributed by atoms with Crippen LogP contribution >= 0.6 is 12.2 Å². The van der Waals surface area contributed by atoms with Gasteiger partial charge in [-0.3, -0.25) is 0 Å². The first-order valence-corrected chi connectivity index (χ1v) is 11.3. The summed E-state index contributed by atoms with van der Waals surface area (Å²) in [5, 5.41) is 6.89. The van der Waals surface area contributed by atoms with E-state index in [-0.39, 0.29) is 11.2 Å². The number of halogens is 1. The van der Waals surface area contributed by atoms with Crippen molar-refractivity contribution in [3.05, 3.63) is 77.7 Å². The zero-order valence-electron chi connectivity index (χ0n) is 18.1. The molecule has 0 bridgehead atoms. The first-order chi connectivity index (χ1) is 15.5. The van der Waals surface area contributed by atoms with Gasteiger partial charge in [0, 0.05) is 23.7 Å². The predicted octanol–water partition coefficient (Wildman–Crippen LogP) is 5.90. The van der Waals surface area contributed by atoms with Crippen molar-refractivity contribution in [2.24, 2.45) is 0 Å². The normalized spacial score (nSPS) is 15.1. The summed E-state index contributed by atoms with van der Waals surface area (Å²) in [6, 6.07) is 18.1. The number of hydrogen-bond acceptors (Lipinski definition) is 4. The van der Waals surface area contributed by atoms with E-state index in [1.165, 1.54) is 18.6 Å². The second kappa shape index (κ2) is 10.0. The number of aryl methyl sites for hydroxylation is 1. The highest BCUT2D eigenvalue weighted by Gasteiger charge is 2.34. The number of anilines is 1. The molecule has 166 valence electrons. The molecule has 32 heavy (non-hydrogen) atoms. The first-order valence-electron chi connectivity index (χ1n) is 10.9. The molecular weight excluding hydrogens is 423 g/mol. The molecule has 0 radical (unpaired) electrons. The van der Waals surface area contributed by atoms with Gasteiger partial charge in [0.2, 0.25) is 11.8 Å². The lowest BCUT2D eigenvalue weighted by Crippen LogP contribution is -2.43. The number of nitrogens with zero attached hydrogens (tertiary/aromatic N) is 2. The van der Waals surface area contributed by atoms with Crippen LogP contribution in [-0.4, -0.2) is 21.6 Å². The van der Waals surface area contributed by atoms with E-state index in [2.05, 4.69) is 20.6 Å². The van der Waals surface area contributed by atoms with E-state index < -0.39 is 0 Å². The summed E-state index contributed by atoms with van der Waals surface area (Å²) in [6.07, 6.45) is 5.63. The molecule has 0 spiro atoms. The van der Waals surface area contributed by atoms with Crippen LogP contribution in [0.2, 0.25) is 0 Å². The summed E-state index contributed by atoms with van der Waals surface area (Å²) in [4.78, 5) is 8.86. The standard InChI is InChI=1S/C25H27FN4OS/c1-18-16-22(31-21-8-4-2-5-9-21)29-23(28-18)30-24(32)27-17-25(14-6-3-7-15-25)19-10-12-20(26)13-11-19/h2,4-5,8-13,16H,3,6-7,14-15,17H2,1H3,(H2,27,28,29,30,32). The Hall–Kier alpha value is -3.06. The number of aromatic nitrogens is 2. The second-order valence-electron chi connectivity index (χ2n) is 8.24. The monoisotopic (exact) mass is 450 g/mol. The Morgan fingerprint density at radius 2 is 1.75 bits per heavy atom. The van der Waals surface area contributed by atoms with Crippen molar-refractivity contribution in [1.82, 2.24) is 15.3 Å². The Balaban J connectivity index is 1.43. The van der Waals surface area contributed by atoms with E-state index in [4.69, 9.17) is 17.0 Å². The Morgan fingerprint density at radius 1 is 1.03 bits per heavy atom. The van der Waals surface area contributed by atoms with Gasteiger partial charge in [0.1, 0.15) is 11.6 Å². The molecule has 1 saturated carbocycles. The Morgan fingerprint density at radius 3 is 2.47 bits per heavy atom. The van der Waals surface area contributed by atoms with Crippen molar-refractivity contribution in [1.29, 1.82) is 0 Å². The number of benzene rings is 2. The van der Waals surface area contributed by atoms with Gasteiger partial charge in [-0.15, -0.1) is 0 Å². The average molecular weight is 451 g/mol. The summed E-state index contributed by atoms with van der Waals surface area (Å²) in [7, 11) is 0. The number of hydrogen-bond donors (Lipinski definition) is 2. The van der Waals surface area contributed by atoms with Crippen LogP contribution < -0.4 is 15.4 Å². The van der Waals surface area contributed by atoms with Crippen molar-refractivity contribution >= 4 is 23.3 Å². The van der Waals surface area contributed by atoms with Crippen LogP contribution in [0.3, 0.4) is 0 Å². The molecule has 7 heteroatoms. The number of ether oxygens (including phenoxy) is 1. The van der Waals surface area contributed by atoms with Gasteiger partial charge < -0.3 is 15.4 Å². The fourth-order valence-electron chi connectivity index (χ4n) is 4.25. The maximum Gasteiger partial charge on any atom is 0.232 e. The Bertz CT molecular complexity index is 1050. The van der Waals surface area contributed by atoms with E-state index >= 15 is 0 Å².